The van der Waals surface area contributed by atoms with Gasteiger partial charge in [0.05, 0.1) is 18.6 Å². The fraction of sp³-hybridized carbons (Fsp3) is 0.375. The van der Waals surface area contributed by atoms with Crippen LogP contribution < -0.4 is 10.6 Å². The molecule has 0 aliphatic heterocycles. The third kappa shape index (κ3) is 4.80. The van der Waals surface area contributed by atoms with Crippen molar-refractivity contribution in [3.8, 4) is 0 Å². The summed E-state index contributed by atoms with van der Waals surface area (Å²) >= 11 is 0. The quantitative estimate of drug-likeness (QED) is 0.908. The smallest absolute Gasteiger partial charge is 0.412 e. The number of aromatic nitrogens is 2. The number of rotatable bonds is 4. The average molecular weight is 302 g/mol. The first kappa shape index (κ1) is 15.9. The Morgan fingerprint density at radius 3 is 2.68 bits per heavy atom. The van der Waals surface area contributed by atoms with Crippen molar-refractivity contribution in [2.75, 3.05) is 10.6 Å². The summed E-state index contributed by atoms with van der Waals surface area (Å²) in [5.41, 5.74) is 2.16. The predicted molar refractivity (Wildman–Crippen MR) is 86.8 cm³/mol. The van der Waals surface area contributed by atoms with Crippen LogP contribution in [0.1, 0.15) is 26.5 Å². The maximum absolute atomic E-state index is 11.8. The van der Waals surface area contributed by atoms with Crippen LogP contribution in [-0.4, -0.2) is 21.2 Å². The Labute approximate surface area is 130 Å². The van der Waals surface area contributed by atoms with E-state index in [1.54, 1.807) is 6.33 Å². The van der Waals surface area contributed by atoms with Crippen LogP contribution in [0, 0.1) is 0 Å². The molecule has 1 amide bonds. The van der Waals surface area contributed by atoms with Gasteiger partial charge in [-0.15, -0.1) is 0 Å². The summed E-state index contributed by atoms with van der Waals surface area (Å²) in [6.07, 6.45) is 3.11. The summed E-state index contributed by atoms with van der Waals surface area (Å²) in [5, 5.41) is 6.02. The zero-order valence-corrected chi connectivity index (χ0v) is 13.4. The Bertz CT molecular complexity index is 644. The highest BCUT2D eigenvalue weighted by atomic mass is 16.6. The summed E-state index contributed by atoms with van der Waals surface area (Å²) in [6, 6.07) is 7.49. The second-order valence-corrected chi connectivity index (χ2v) is 6.06. The largest absolute Gasteiger partial charge is 0.444 e. The summed E-state index contributed by atoms with van der Waals surface area (Å²) in [5.74, 6) is 0. The molecular weight excluding hydrogens is 280 g/mol. The number of aryl methyl sites for hydroxylation is 1. The summed E-state index contributed by atoms with van der Waals surface area (Å²) in [7, 11) is 1.95. The lowest BCUT2D eigenvalue weighted by Crippen LogP contribution is -2.27. The van der Waals surface area contributed by atoms with Gasteiger partial charge in [0.25, 0.3) is 0 Å². The molecule has 0 aliphatic rings. The van der Waals surface area contributed by atoms with E-state index in [2.05, 4.69) is 15.6 Å². The van der Waals surface area contributed by atoms with Gasteiger partial charge in [-0.2, -0.15) is 0 Å². The molecule has 0 radical (unpaired) electrons. The number of carbonyl (C=O) groups excluding carboxylic acids is 1. The third-order valence-electron chi connectivity index (χ3n) is 2.90. The fourth-order valence-corrected chi connectivity index (χ4v) is 1.88. The molecule has 0 fully saturated rings. The van der Waals surface area contributed by atoms with E-state index in [0.717, 1.165) is 11.4 Å². The maximum Gasteiger partial charge on any atom is 0.412 e. The van der Waals surface area contributed by atoms with Crippen molar-refractivity contribution in [3.63, 3.8) is 0 Å². The van der Waals surface area contributed by atoms with Crippen LogP contribution in [0.25, 0.3) is 0 Å². The molecule has 0 spiro atoms. The molecule has 0 unspecified atom stereocenters. The molecule has 2 rings (SSSR count). The minimum atomic E-state index is -0.514. The Morgan fingerprint density at radius 2 is 2.05 bits per heavy atom. The number of benzene rings is 1. The Balaban J connectivity index is 1.95. The first-order valence-electron chi connectivity index (χ1n) is 7.12. The van der Waals surface area contributed by atoms with Gasteiger partial charge in [-0.3, -0.25) is 5.32 Å². The molecule has 1 aromatic carbocycles. The lowest BCUT2D eigenvalue weighted by molar-refractivity contribution is 0.0636. The van der Waals surface area contributed by atoms with E-state index in [-0.39, 0.29) is 0 Å². The molecule has 0 atom stereocenters. The van der Waals surface area contributed by atoms with Gasteiger partial charge in [-0.25, -0.2) is 9.78 Å². The number of amides is 1. The van der Waals surface area contributed by atoms with Crippen molar-refractivity contribution < 1.29 is 9.53 Å². The predicted octanol–water partition coefficient (Wildman–Crippen LogP) is 3.38. The molecular formula is C16H22N4O2. The topological polar surface area (TPSA) is 68.2 Å². The molecule has 0 saturated heterocycles. The number of hydrogen-bond acceptors (Lipinski definition) is 4. The van der Waals surface area contributed by atoms with Gasteiger partial charge in [0.1, 0.15) is 5.60 Å². The first-order chi connectivity index (χ1) is 10.3. The van der Waals surface area contributed by atoms with E-state index in [4.69, 9.17) is 4.74 Å². The zero-order valence-electron chi connectivity index (χ0n) is 13.4. The highest BCUT2D eigenvalue weighted by Crippen LogP contribution is 2.17. The summed E-state index contributed by atoms with van der Waals surface area (Å²) < 4.78 is 7.19. The second-order valence-electron chi connectivity index (χ2n) is 6.06. The Morgan fingerprint density at radius 1 is 1.32 bits per heavy atom. The lowest BCUT2D eigenvalue weighted by atomic mass is 10.2. The molecule has 22 heavy (non-hydrogen) atoms. The highest BCUT2D eigenvalue weighted by molar-refractivity contribution is 5.85. The maximum atomic E-state index is 11.8. The third-order valence-corrected chi connectivity index (χ3v) is 2.90. The molecule has 0 aliphatic carbocycles. The van der Waals surface area contributed by atoms with Crippen LogP contribution in [0.4, 0.5) is 16.2 Å². The average Bonchev–Trinajstić information content (AvgIpc) is 2.80. The second kappa shape index (κ2) is 6.51. The number of hydrogen-bond donors (Lipinski definition) is 2. The number of carbonyl (C=O) groups is 1. The van der Waals surface area contributed by atoms with Crippen LogP contribution >= 0.6 is 0 Å². The molecule has 1 heterocycles. The van der Waals surface area contributed by atoms with Gasteiger partial charge in [-0.05, 0) is 39.0 Å². The van der Waals surface area contributed by atoms with Gasteiger partial charge in [0.2, 0.25) is 0 Å². The molecule has 2 aromatic rings. The molecule has 2 N–H and O–H groups in total. The van der Waals surface area contributed by atoms with Crippen LogP contribution in [0.3, 0.4) is 0 Å². The van der Waals surface area contributed by atoms with E-state index < -0.39 is 11.7 Å². The van der Waals surface area contributed by atoms with E-state index in [0.29, 0.717) is 12.2 Å². The highest BCUT2D eigenvalue weighted by Gasteiger charge is 2.16. The standard InChI is InChI=1S/C16H22N4O2/c1-16(2,3)22-15(21)19-13-7-5-6-12(8-13)18-10-14-9-17-11-20(14)4/h5-9,11,18H,10H2,1-4H3,(H,19,21). The van der Waals surface area contributed by atoms with E-state index >= 15 is 0 Å². The molecule has 118 valence electrons. The van der Waals surface area contributed by atoms with Crippen molar-refractivity contribution >= 4 is 17.5 Å². The zero-order chi connectivity index (χ0) is 16.2. The summed E-state index contributed by atoms with van der Waals surface area (Å²) in [4.78, 5) is 15.8. The Hall–Kier alpha value is -2.50. The van der Waals surface area contributed by atoms with Crippen molar-refractivity contribution in [3.05, 3.63) is 42.5 Å². The van der Waals surface area contributed by atoms with Crippen LogP contribution in [0.15, 0.2) is 36.8 Å². The number of imidazole rings is 1. The number of anilines is 2. The number of nitrogens with one attached hydrogen (secondary N) is 2. The van der Waals surface area contributed by atoms with E-state index in [1.807, 2.05) is 62.8 Å². The van der Waals surface area contributed by atoms with Crippen molar-refractivity contribution in [2.45, 2.75) is 32.9 Å². The van der Waals surface area contributed by atoms with Crippen LogP contribution in [-0.2, 0) is 18.3 Å². The van der Waals surface area contributed by atoms with Crippen molar-refractivity contribution in [1.29, 1.82) is 0 Å². The van der Waals surface area contributed by atoms with Gasteiger partial charge in [-0.1, -0.05) is 6.07 Å². The molecule has 0 bridgehead atoms. The fourth-order valence-electron chi connectivity index (χ4n) is 1.88. The van der Waals surface area contributed by atoms with Gasteiger partial charge in [0, 0.05) is 24.6 Å². The van der Waals surface area contributed by atoms with Crippen molar-refractivity contribution in [2.24, 2.45) is 7.05 Å². The lowest BCUT2D eigenvalue weighted by Gasteiger charge is -2.19. The van der Waals surface area contributed by atoms with E-state index in [1.165, 1.54) is 0 Å². The summed E-state index contributed by atoms with van der Waals surface area (Å²) in [6.45, 7) is 6.15. The minimum Gasteiger partial charge on any atom is -0.444 e. The van der Waals surface area contributed by atoms with Crippen molar-refractivity contribution in [1.82, 2.24) is 9.55 Å². The molecule has 6 nitrogen and oxygen atoms in total. The number of ether oxygens (including phenoxy) is 1. The van der Waals surface area contributed by atoms with Gasteiger partial charge >= 0.3 is 6.09 Å². The number of nitrogens with zero attached hydrogens (tertiary/aromatic N) is 2. The Kier molecular flexibility index (Phi) is 4.70. The molecule has 1 aromatic heterocycles. The van der Waals surface area contributed by atoms with Gasteiger partial charge < -0.3 is 14.6 Å². The van der Waals surface area contributed by atoms with Gasteiger partial charge in [0.15, 0.2) is 0 Å². The monoisotopic (exact) mass is 302 g/mol. The minimum absolute atomic E-state index is 0.462. The first-order valence-corrected chi connectivity index (χ1v) is 7.12. The molecule has 6 heteroatoms. The SMILES string of the molecule is Cn1cncc1CNc1cccc(NC(=O)OC(C)(C)C)c1. The van der Waals surface area contributed by atoms with Crippen LogP contribution in [0.5, 0.6) is 0 Å². The normalized spacial score (nSPS) is 11.1. The van der Waals surface area contributed by atoms with E-state index in [9.17, 15) is 4.79 Å². The van der Waals surface area contributed by atoms with Crippen LogP contribution in [0.2, 0.25) is 0 Å². The molecule has 0 saturated carbocycles.